The smallest absolute Gasteiger partial charge is 0.410 e. The van der Waals surface area contributed by atoms with E-state index in [0.717, 1.165) is 31.4 Å². The molecule has 1 saturated heterocycles. The number of methoxy groups -OCH3 is 1. The number of amides is 1. The van der Waals surface area contributed by atoms with Crippen molar-refractivity contribution in [2.24, 2.45) is 0 Å². The molecule has 11 heteroatoms. The van der Waals surface area contributed by atoms with Gasteiger partial charge in [-0.1, -0.05) is 0 Å². The molecular weight excluding hydrogens is 462 g/mol. The quantitative estimate of drug-likeness (QED) is 0.674. The van der Waals surface area contributed by atoms with Crippen molar-refractivity contribution in [3.8, 4) is 11.6 Å². The molecule has 3 unspecified atom stereocenters. The molecular formula is C23H35N3O7S. The molecule has 4 bridgehead atoms. The first kappa shape index (κ1) is 25.0. The van der Waals surface area contributed by atoms with E-state index in [1.165, 1.54) is 0 Å². The molecule has 4 heterocycles. The molecule has 190 valence electrons. The molecule has 1 N–H and O–H groups in total. The van der Waals surface area contributed by atoms with Gasteiger partial charge in [0, 0.05) is 30.1 Å². The summed E-state index contributed by atoms with van der Waals surface area (Å²) in [6.07, 6.45) is 3.60. The Hall–Kier alpha value is -2.11. The Labute approximate surface area is 201 Å². The summed E-state index contributed by atoms with van der Waals surface area (Å²) in [5, 5.41) is 0. The number of ether oxygens (including phenoxy) is 4. The van der Waals surface area contributed by atoms with Gasteiger partial charge in [0.25, 0.3) is 0 Å². The van der Waals surface area contributed by atoms with E-state index < -0.39 is 28.2 Å². The minimum Gasteiger partial charge on any atom is -0.496 e. The summed E-state index contributed by atoms with van der Waals surface area (Å²) in [5.41, 5.74) is 0.932. The van der Waals surface area contributed by atoms with Crippen molar-refractivity contribution in [2.45, 2.75) is 76.1 Å². The lowest BCUT2D eigenvalue weighted by Gasteiger charge is -2.33. The van der Waals surface area contributed by atoms with Gasteiger partial charge >= 0.3 is 6.09 Å². The Kier molecular flexibility index (Phi) is 7.83. The zero-order valence-electron chi connectivity index (χ0n) is 20.1. The lowest BCUT2D eigenvalue weighted by atomic mass is 9.85. The van der Waals surface area contributed by atoms with E-state index in [1.807, 2.05) is 13.0 Å². The van der Waals surface area contributed by atoms with Crippen LogP contribution in [0.4, 0.5) is 4.79 Å². The number of hydrogen-bond donors (Lipinski definition) is 1. The molecule has 0 spiro atoms. The summed E-state index contributed by atoms with van der Waals surface area (Å²) in [4.78, 5) is 19.3. The fraction of sp³-hybridized carbons (Fsp3) is 0.739. The van der Waals surface area contributed by atoms with E-state index in [4.69, 9.17) is 18.9 Å². The van der Waals surface area contributed by atoms with Crippen molar-refractivity contribution < 1.29 is 32.2 Å². The zero-order chi connectivity index (χ0) is 24.3. The van der Waals surface area contributed by atoms with E-state index in [1.54, 1.807) is 25.0 Å². The Morgan fingerprint density at radius 3 is 2.62 bits per heavy atom. The monoisotopic (exact) mass is 497 g/mol. The second-order valence-electron chi connectivity index (χ2n) is 9.23. The summed E-state index contributed by atoms with van der Waals surface area (Å²) < 4.78 is 50.3. The number of rotatable bonds is 4. The summed E-state index contributed by atoms with van der Waals surface area (Å²) in [7, 11) is -1.82. The lowest BCUT2D eigenvalue weighted by molar-refractivity contribution is -0.0118. The molecule has 10 nitrogen and oxygen atoms in total. The Morgan fingerprint density at radius 1 is 1.18 bits per heavy atom. The van der Waals surface area contributed by atoms with Gasteiger partial charge in [-0.3, -0.25) is 4.90 Å². The van der Waals surface area contributed by atoms with Gasteiger partial charge in [0.15, 0.2) is 0 Å². The number of pyridine rings is 1. The number of fused-ring (bicyclic) bond motifs is 7. The number of sulfonamides is 1. The van der Waals surface area contributed by atoms with Gasteiger partial charge in [0.2, 0.25) is 15.9 Å². The van der Waals surface area contributed by atoms with E-state index in [9.17, 15) is 13.2 Å². The Bertz CT molecular complexity index is 965. The van der Waals surface area contributed by atoms with Gasteiger partial charge in [-0.25, -0.2) is 22.9 Å². The molecule has 1 aliphatic carbocycles. The number of carbonyl (C=O) groups excluding carboxylic acids is 1. The largest absolute Gasteiger partial charge is 0.496 e. The highest BCUT2D eigenvalue weighted by Gasteiger charge is 2.44. The topological polar surface area (TPSA) is 116 Å². The summed E-state index contributed by atoms with van der Waals surface area (Å²) in [6, 6.07) is 2.63. The summed E-state index contributed by atoms with van der Waals surface area (Å²) >= 11 is 0. The Morgan fingerprint density at radius 2 is 1.91 bits per heavy atom. The molecule has 3 aliphatic heterocycles. The molecule has 3 atom stereocenters. The molecule has 1 aromatic rings. The van der Waals surface area contributed by atoms with Crippen molar-refractivity contribution in [3.63, 3.8) is 0 Å². The third-order valence-corrected chi connectivity index (χ3v) is 8.42. The van der Waals surface area contributed by atoms with Crippen molar-refractivity contribution >= 4 is 16.1 Å². The van der Waals surface area contributed by atoms with Crippen LogP contribution in [0.5, 0.6) is 11.6 Å². The van der Waals surface area contributed by atoms with Gasteiger partial charge in [0.05, 0.1) is 37.3 Å². The van der Waals surface area contributed by atoms with Gasteiger partial charge < -0.3 is 18.9 Å². The van der Waals surface area contributed by atoms with E-state index >= 15 is 0 Å². The maximum Gasteiger partial charge on any atom is 0.410 e. The van der Waals surface area contributed by atoms with E-state index in [0.29, 0.717) is 18.1 Å². The summed E-state index contributed by atoms with van der Waals surface area (Å²) in [5.74, 6) is 1.40. The van der Waals surface area contributed by atoms with Crippen LogP contribution in [-0.4, -0.2) is 81.3 Å². The first-order chi connectivity index (χ1) is 16.3. The maximum atomic E-state index is 13.0. The molecule has 2 fully saturated rings. The lowest BCUT2D eigenvalue weighted by Crippen LogP contribution is -2.51. The van der Waals surface area contributed by atoms with Crippen LogP contribution in [-0.2, 0) is 19.5 Å². The number of hydrogen-bond acceptors (Lipinski definition) is 8. The normalized spacial score (nSPS) is 30.4. The SMILES string of the molecule is CCS(=O)(=O)NC1CC(C)N2C(=O)OCCOc3cc(OC)cc(n3)C3CCC(CC3)OCC12. The van der Waals surface area contributed by atoms with Crippen molar-refractivity contribution in [1.29, 1.82) is 0 Å². The minimum absolute atomic E-state index is 0.0176. The first-order valence-electron chi connectivity index (χ1n) is 12.0. The van der Waals surface area contributed by atoms with Crippen LogP contribution in [0.3, 0.4) is 0 Å². The van der Waals surface area contributed by atoms with Gasteiger partial charge in [-0.05, 0) is 46.0 Å². The highest BCUT2D eigenvalue weighted by atomic mass is 32.2. The van der Waals surface area contributed by atoms with Crippen molar-refractivity contribution in [2.75, 3.05) is 32.7 Å². The van der Waals surface area contributed by atoms with Crippen LogP contribution in [0.15, 0.2) is 12.1 Å². The molecule has 1 amide bonds. The Balaban J connectivity index is 1.55. The van der Waals surface area contributed by atoms with Gasteiger partial charge in [-0.2, -0.15) is 0 Å². The predicted octanol–water partition coefficient (Wildman–Crippen LogP) is 2.43. The third kappa shape index (κ3) is 5.75. The van der Waals surface area contributed by atoms with Crippen LogP contribution < -0.4 is 14.2 Å². The molecule has 4 aliphatic rings. The number of nitrogens with zero attached hydrogens (tertiary/aromatic N) is 2. The second-order valence-corrected chi connectivity index (χ2v) is 11.3. The molecule has 34 heavy (non-hydrogen) atoms. The fourth-order valence-corrected chi connectivity index (χ4v) is 6.00. The maximum absolute atomic E-state index is 13.0. The highest BCUT2D eigenvalue weighted by Crippen LogP contribution is 2.36. The zero-order valence-corrected chi connectivity index (χ0v) is 20.9. The minimum atomic E-state index is -3.43. The standard InChI is InChI=1S/C23H35N3O7S/c1-4-34(28,29)25-20-11-15(2)26-21(20)14-33-17-7-5-16(6-8-17)19-12-18(30-3)13-22(24-19)31-9-10-32-23(26)27/h12-13,15-17,20-21,25H,4-11,14H2,1-3H3. The van der Waals surface area contributed by atoms with Crippen LogP contribution >= 0.6 is 0 Å². The van der Waals surface area contributed by atoms with E-state index in [-0.39, 0.29) is 43.6 Å². The van der Waals surface area contributed by atoms with Crippen LogP contribution in [0.1, 0.15) is 57.6 Å². The van der Waals surface area contributed by atoms with Crippen LogP contribution in [0.2, 0.25) is 0 Å². The highest BCUT2D eigenvalue weighted by molar-refractivity contribution is 7.89. The average molecular weight is 498 g/mol. The molecule has 0 radical (unpaired) electrons. The average Bonchev–Trinajstić information content (AvgIpc) is 3.13. The van der Waals surface area contributed by atoms with Crippen LogP contribution in [0.25, 0.3) is 0 Å². The van der Waals surface area contributed by atoms with E-state index in [2.05, 4.69) is 9.71 Å². The molecule has 1 saturated carbocycles. The predicted molar refractivity (Wildman–Crippen MR) is 125 cm³/mol. The van der Waals surface area contributed by atoms with Crippen LogP contribution in [0, 0.1) is 0 Å². The molecule has 5 rings (SSSR count). The number of carbonyl (C=O) groups is 1. The third-order valence-electron chi connectivity index (χ3n) is 7.00. The van der Waals surface area contributed by atoms with Gasteiger partial charge in [-0.15, -0.1) is 0 Å². The fourth-order valence-electron chi connectivity index (χ4n) is 5.12. The van der Waals surface area contributed by atoms with Crippen molar-refractivity contribution in [3.05, 3.63) is 17.8 Å². The summed E-state index contributed by atoms with van der Waals surface area (Å²) in [6.45, 7) is 3.94. The van der Waals surface area contributed by atoms with Crippen molar-refractivity contribution in [1.82, 2.24) is 14.6 Å². The number of nitrogens with one attached hydrogen (secondary N) is 1. The number of aromatic nitrogens is 1. The molecule has 0 aromatic carbocycles. The van der Waals surface area contributed by atoms with Gasteiger partial charge in [0.1, 0.15) is 19.0 Å². The molecule has 1 aromatic heterocycles. The first-order valence-corrected chi connectivity index (χ1v) is 13.7. The second kappa shape index (κ2) is 10.7.